The van der Waals surface area contributed by atoms with Gasteiger partial charge in [-0.05, 0) is 31.2 Å². The van der Waals surface area contributed by atoms with Crippen LogP contribution in [0.3, 0.4) is 0 Å². The minimum Gasteiger partial charge on any atom is -0.490 e. The molecule has 0 radical (unpaired) electrons. The van der Waals surface area contributed by atoms with Crippen LogP contribution in [0.4, 0.5) is 8.78 Å². The van der Waals surface area contributed by atoms with Gasteiger partial charge in [0.25, 0.3) is 0 Å². The van der Waals surface area contributed by atoms with Crippen LogP contribution in [0.5, 0.6) is 11.5 Å². The third kappa shape index (κ3) is 7.00. The summed E-state index contributed by atoms with van der Waals surface area (Å²) in [7, 11) is 1.68. The molecule has 2 atom stereocenters. The molecule has 8 heteroatoms. The van der Waals surface area contributed by atoms with Crippen LogP contribution in [0.1, 0.15) is 46.1 Å². The monoisotopic (exact) mass is 427 g/mol. The molecule has 170 valence electrons. The van der Waals surface area contributed by atoms with Gasteiger partial charge in [0, 0.05) is 38.2 Å². The molecular formula is C22H35F2N3O3. The number of alkyl halides is 2. The average molecular weight is 428 g/mol. The summed E-state index contributed by atoms with van der Waals surface area (Å²) in [6.07, 6.45) is 2.31. The van der Waals surface area contributed by atoms with Crippen LogP contribution in [0.15, 0.2) is 23.2 Å². The number of nitrogens with one attached hydrogen (secondary N) is 2. The lowest BCUT2D eigenvalue weighted by atomic mass is 9.78. The molecule has 0 bridgehead atoms. The topological polar surface area (TPSA) is 64.1 Å². The maximum Gasteiger partial charge on any atom is 0.387 e. The summed E-state index contributed by atoms with van der Waals surface area (Å²) in [6, 6.07) is 5.10. The maximum absolute atomic E-state index is 12.9. The lowest BCUT2D eigenvalue weighted by Gasteiger charge is -2.40. The Hall–Kier alpha value is -2.09. The average Bonchev–Trinajstić information content (AvgIpc) is 2.69. The highest BCUT2D eigenvalue weighted by molar-refractivity contribution is 5.79. The zero-order valence-electron chi connectivity index (χ0n) is 18.6. The fourth-order valence-corrected chi connectivity index (χ4v) is 3.83. The first-order valence-corrected chi connectivity index (χ1v) is 10.5. The van der Waals surface area contributed by atoms with E-state index in [-0.39, 0.29) is 23.8 Å². The van der Waals surface area contributed by atoms with E-state index >= 15 is 0 Å². The van der Waals surface area contributed by atoms with Gasteiger partial charge in [-0.1, -0.05) is 32.9 Å². The molecule has 0 amide bonds. The Labute approximate surface area is 178 Å². The van der Waals surface area contributed by atoms with E-state index in [4.69, 9.17) is 14.2 Å². The van der Waals surface area contributed by atoms with Gasteiger partial charge >= 0.3 is 6.61 Å². The number of rotatable bonds is 8. The van der Waals surface area contributed by atoms with Gasteiger partial charge in [-0.25, -0.2) is 0 Å². The molecule has 1 aliphatic heterocycles. The summed E-state index contributed by atoms with van der Waals surface area (Å²) >= 11 is 0. The number of halogens is 2. The van der Waals surface area contributed by atoms with Crippen LogP contribution in [0.25, 0.3) is 0 Å². The van der Waals surface area contributed by atoms with E-state index < -0.39 is 6.61 Å². The summed E-state index contributed by atoms with van der Waals surface area (Å²) in [5, 5.41) is 6.53. The first-order valence-electron chi connectivity index (χ1n) is 10.5. The molecule has 2 unspecified atom stereocenters. The van der Waals surface area contributed by atoms with Gasteiger partial charge in [0.1, 0.15) is 0 Å². The largest absolute Gasteiger partial charge is 0.490 e. The van der Waals surface area contributed by atoms with Gasteiger partial charge in [0.2, 0.25) is 0 Å². The van der Waals surface area contributed by atoms with Crippen molar-refractivity contribution in [2.75, 3.05) is 26.8 Å². The Morgan fingerprint density at radius 1 is 1.30 bits per heavy atom. The summed E-state index contributed by atoms with van der Waals surface area (Å²) < 4.78 is 42.0. The van der Waals surface area contributed by atoms with Crippen molar-refractivity contribution >= 4 is 5.96 Å². The van der Waals surface area contributed by atoms with E-state index in [9.17, 15) is 8.78 Å². The Bertz CT molecular complexity index is 693. The molecule has 1 aliphatic rings. The Morgan fingerprint density at radius 3 is 2.70 bits per heavy atom. The third-order valence-electron chi connectivity index (χ3n) is 5.07. The van der Waals surface area contributed by atoms with Crippen molar-refractivity contribution in [3.8, 4) is 11.5 Å². The predicted octanol–water partition coefficient (Wildman–Crippen LogP) is 4.19. The van der Waals surface area contributed by atoms with E-state index in [0.717, 1.165) is 26.0 Å². The smallest absolute Gasteiger partial charge is 0.387 e. The summed E-state index contributed by atoms with van der Waals surface area (Å²) in [5.74, 6) is 1.31. The second kappa shape index (κ2) is 11.3. The van der Waals surface area contributed by atoms with Gasteiger partial charge in [0.05, 0.1) is 12.7 Å². The van der Waals surface area contributed by atoms with Crippen LogP contribution in [0.2, 0.25) is 0 Å². The molecule has 6 nitrogen and oxygen atoms in total. The number of ether oxygens (including phenoxy) is 3. The Kier molecular flexibility index (Phi) is 9.14. The number of guanidine groups is 1. The molecule has 1 aromatic rings. The number of hydrogen-bond acceptors (Lipinski definition) is 4. The fraction of sp³-hybridized carbons (Fsp3) is 0.682. The lowest BCUT2D eigenvalue weighted by Crippen LogP contribution is -2.47. The molecule has 1 heterocycles. The van der Waals surface area contributed by atoms with Crippen molar-refractivity contribution in [2.45, 2.75) is 59.8 Å². The maximum atomic E-state index is 12.9. The highest BCUT2D eigenvalue weighted by atomic mass is 19.3. The lowest BCUT2D eigenvalue weighted by molar-refractivity contribution is -0.0835. The third-order valence-corrected chi connectivity index (χ3v) is 5.07. The zero-order chi connectivity index (χ0) is 22.1. The molecule has 1 aromatic carbocycles. The van der Waals surface area contributed by atoms with Gasteiger partial charge < -0.3 is 24.8 Å². The molecule has 0 aromatic heterocycles. The van der Waals surface area contributed by atoms with Crippen molar-refractivity contribution in [1.82, 2.24) is 10.6 Å². The second-order valence-corrected chi connectivity index (χ2v) is 8.42. The van der Waals surface area contributed by atoms with E-state index in [0.29, 0.717) is 29.8 Å². The van der Waals surface area contributed by atoms with Gasteiger partial charge in [0.15, 0.2) is 17.5 Å². The van der Waals surface area contributed by atoms with E-state index in [1.165, 1.54) is 0 Å². The predicted molar refractivity (Wildman–Crippen MR) is 114 cm³/mol. The van der Waals surface area contributed by atoms with Crippen LogP contribution in [0, 0.1) is 11.3 Å². The van der Waals surface area contributed by atoms with Gasteiger partial charge in [-0.15, -0.1) is 0 Å². The van der Waals surface area contributed by atoms with Crippen molar-refractivity contribution in [1.29, 1.82) is 0 Å². The highest BCUT2D eigenvalue weighted by Crippen LogP contribution is 2.34. The van der Waals surface area contributed by atoms with Gasteiger partial charge in [-0.3, -0.25) is 4.99 Å². The van der Waals surface area contributed by atoms with Crippen LogP contribution in [-0.4, -0.2) is 45.5 Å². The Balaban J connectivity index is 2.01. The molecular weight excluding hydrogens is 392 g/mol. The molecule has 0 aliphatic carbocycles. The van der Waals surface area contributed by atoms with Crippen LogP contribution >= 0.6 is 0 Å². The van der Waals surface area contributed by atoms with Crippen molar-refractivity contribution in [3.05, 3.63) is 23.8 Å². The second-order valence-electron chi connectivity index (χ2n) is 8.42. The SMILES string of the molecule is CCOc1cccc(CNC(=NC)NCC2CCCOC2C(C)(C)C)c1OC(F)F. The molecule has 2 N–H and O–H groups in total. The van der Waals surface area contributed by atoms with Crippen LogP contribution in [-0.2, 0) is 11.3 Å². The first-order chi connectivity index (χ1) is 14.3. The molecule has 0 spiro atoms. The summed E-state index contributed by atoms with van der Waals surface area (Å²) in [5.41, 5.74) is 0.628. The molecule has 1 fully saturated rings. The number of hydrogen-bond donors (Lipinski definition) is 2. The van der Waals surface area contributed by atoms with Crippen molar-refractivity contribution in [2.24, 2.45) is 16.3 Å². The minimum atomic E-state index is -2.93. The minimum absolute atomic E-state index is 0.0470. The molecule has 1 saturated heterocycles. The molecule has 30 heavy (non-hydrogen) atoms. The van der Waals surface area contributed by atoms with E-state index in [1.54, 1.807) is 32.2 Å². The van der Waals surface area contributed by atoms with Crippen molar-refractivity contribution < 1.29 is 23.0 Å². The van der Waals surface area contributed by atoms with E-state index in [2.05, 4.69) is 36.4 Å². The number of nitrogens with zero attached hydrogens (tertiary/aromatic N) is 1. The summed E-state index contributed by atoms with van der Waals surface area (Å²) in [6.45, 7) is 7.60. The Morgan fingerprint density at radius 2 is 2.07 bits per heavy atom. The molecule has 2 rings (SSSR count). The number of aliphatic imine (C=N–C) groups is 1. The fourth-order valence-electron chi connectivity index (χ4n) is 3.83. The number of para-hydroxylation sites is 1. The van der Waals surface area contributed by atoms with Gasteiger partial charge in [-0.2, -0.15) is 8.78 Å². The highest BCUT2D eigenvalue weighted by Gasteiger charge is 2.35. The zero-order valence-corrected chi connectivity index (χ0v) is 18.6. The first kappa shape index (κ1) is 24.2. The van der Waals surface area contributed by atoms with Crippen molar-refractivity contribution in [3.63, 3.8) is 0 Å². The molecule has 0 saturated carbocycles. The standard InChI is InChI=1S/C22H35F2N3O3/c1-6-28-17-11-7-9-15(18(17)30-20(23)24)13-26-21(25-5)27-14-16-10-8-12-29-19(16)22(2,3)4/h7,9,11,16,19-20H,6,8,10,12-14H2,1-5H3,(H2,25,26,27). The van der Waals surface area contributed by atoms with Crippen LogP contribution < -0.4 is 20.1 Å². The number of benzene rings is 1. The quantitative estimate of drug-likeness (QED) is 0.481. The normalized spacial score (nSPS) is 20.2. The summed E-state index contributed by atoms with van der Waals surface area (Å²) in [4.78, 5) is 4.26. The van der Waals surface area contributed by atoms with E-state index in [1.807, 2.05) is 0 Å².